The summed E-state index contributed by atoms with van der Waals surface area (Å²) < 4.78 is 0. The summed E-state index contributed by atoms with van der Waals surface area (Å²) >= 11 is 11.2. The molecule has 0 N–H and O–H groups in total. The van der Waals surface area contributed by atoms with E-state index in [1.807, 2.05) is 0 Å². The summed E-state index contributed by atoms with van der Waals surface area (Å²) in [5.41, 5.74) is 0.342. The monoisotopic (exact) mass is 398 g/mol. The maximum absolute atomic E-state index is 9.84. The molecule has 26 heavy (non-hydrogen) atoms. The maximum Gasteiger partial charge on any atom is 0.240 e. The molecule has 0 bridgehead atoms. The average Bonchev–Trinajstić information content (AvgIpc) is 2.64. The molecule has 4 nitrogen and oxygen atoms in total. The molecule has 0 saturated carbocycles. The van der Waals surface area contributed by atoms with Gasteiger partial charge in [0.15, 0.2) is 0 Å². The van der Waals surface area contributed by atoms with Crippen molar-refractivity contribution in [1.82, 2.24) is 0 Å². The third-order valence-electron chi connectivity index (χ3n) is 3.76. The number of hydrogen-bond acceptors (Lipinski definition) is 4. The van der Waals surface area contributed by atoms with Gasteiger partial charge in [0.25, 0.3) is 0 Å². The van der Waals surface area contributed by atoms with Crippen LogP contribution in [0.1, 0.15) is 71.1 Å². The van der Waals surface area contributed by atoms with Gasteiger partial charge in [-0.3, -0.25) is 0 Å². The van der Waals surface area contributed by atoms with Gasteiger partial charge >= 0.3 is 0 Å². The van der Waals surface area contributed by atoms with E-state index in [0.29, 0.717) is 22.3 Å². The van der Waals surface area contributed by atoms with Crippen molar-refractivity contribution in [2.75, 3.05) is 6.54 Å². The highest BCUT2D eigenvalue weighted by atomic mass is 35.5. The van der Waals surface area contributed by atoms with E-state index in [2.05, 4.69) is 16.9 Å². The topological polar surface area (TPSA) is 58.9 Å². The lowest BCUT2D eigenvalue weighted by Crippen LogP contribution is -1.83. The molecule has 0 aliphatic heterocycles. The number of isocyanates is 2. The number of hydrogen-bond donors (Lipinski definition) is 0. The van der Waals surface area contributed by atoms with Crippen molar-refractivity contribution in [3.05, 3.63) is 28.2 Å². The Morgan fingerprint density at radius 3 is 1.96 bits per heavy atom. The number of nitrogens with zero attached hydrogens (tertiary/aromatic N) is 2. The van der Waals surface area contributed by atoms with Crippen LogP contribution in [0.4, 0.5) is 5.69 Å². The van der Waals surface area contributed by atoms with Gasteiger partial charge in [-0.25, -0.2) is 14.6 Å². The fraction of sp³-hybridized carbons (Fsp3) is 0.600. The Morgan fingerprint density at radius 1 is 0.846 bits per heavy atom. The van der Waals surface area contributed by atoms with Crippen molar-refractivity contribution in [3.8, 4) is 0 Å². The minimum absolute atomic E-state index is 0.342. The first-order chi connectivity index (χ1) is 12.7. The normalized spacial score (nSPS) is 9.50. The predicted molar refractivity (Wildman–Crippen MR) is 109 cm³/mol. The summed E-state index contributed by atoms with van der Waals surface area (Å²) in [4.78, 5) is 26.5. The Labute approximate surface area is 166 Å². The van der Waals surface area contributed by atoms with E-state index in [9.17, 15) is 9.59 Å². The van der Waals surface area contributed by atoms with Crippen molar-refractivity contribution in [2.24, 2.45) is 9.98 Å². The second-order valence-corrected chi connectivity index (χ2v) is 6.80. The van der Waals surface area contributed by atoms with E-state index in [0.717, 1.165) is 6.42 Å². The van der Waals surface area contributed by atoms with Gasteiger partial charge in [0.05, 0.1) is 17.3 Å². The van der Waals surface area contributed by atoms with Crippen molar-refractivity contribution in [2.45, 2.75) is 71.1 Å². The zero-order valence-corrected chi connectivity index (χ0v) is 17.0. The molecule has 144 valence electrons. The van der Waals surface area contributed by atoms with E-state index in [1.165, 1.54) is 69.9 Å². The fourth-order valence-electron chi connectivity index (χ4n) is 2.34. The first-order valence-electron chi connectivity index (χ1n) is 9.22. The van der Waals surface area contributed by atoms with E-state index in [4.69, 9.17) is 23.2 Å². The number of unbranched alkanes of at least 4 members (excludes halogenated alkanes) is 9. The van der Waals surface area contributed by atoms with Gasteiger partial charge in [0.2, 0.25) is 12.2 Å². The van der Waals surface area contributed by atoms with Gasteiger partial charge in [-0.1, -0.05) is 87.9 Å². The average molecular weight is 399 g/mol. The summed E-state index contributed by atoms with van der Waals surface area (Å²) in [5.74, 6) is 0. The first-order valence-corrected chi connectivity index (χ1v) is 9.97. The smallest absolute Gasteiger partial charge is 0.211 e. The third kappa shape index (κ3) is 14.9. The number of rotatable bonds is 12. The lowest BCUT2D eigenvalue weighted by atomic mass is 10.1. The Kier molecular flexibility index (Phi) is 17.3. The molecule has 0 unspecified atom stereocenters. The minimum atomic E-state index is 0.342. The highest BCUT2D eigenvalue weighted by Crippen LogP contribution is 2.27. The quantitative estimate of drug-likeness (QED) is 0.212. The molecule has 1 aromatic carbocycles. The zero-order chi connectivity index (χ0) is 19.5. The van der Waals surface area contributed by atoms with Crippen LogP contribution in [-0.2, 0) is 9.59 Å². The molecule has 0 aliphatic carbocycles. The van der Waals surface area contributed by atoms with Gasteiger partial charge in [0, 0.05) is 5.02 Å². The molecule has 0 radical (unpaired) electrons. The van der Waals surface area contributed by atoms with Crippen molar-refractivity contribution >= 4 is 41.0 Å². The fourth-order valence-corrected chi connectivity index (χ4v) is 2.67. The standard InChI is InChI=1S/C13H25NO.C7H3Cl2NO/c1-2-3-4-5-6-7-8-9-10-11-12-14-13-15;8-5-1-2-6(9)7(3-5)10-4-11/h2-12H2,1H3;1-3H. The minimum Gasteiger partial charge on any atom is -0.211 e. The van der Waals surface area contributed by atoms with Gasteiger partial charge < -0.3 is 0 Å². The van der Waals surface area contributed by atoms with Gasteiger partial charge in [-0.2, -0.15) is 4.99 Å². The van der Waals surface area contributed by atoms with Crippen molar-refractivity contribution in [3.63, 3.8) is 0 Å². The van der Waals surface area contributed by atoms with E-state index >= 15 is 0 Å². The van der Waals surface area contributed by atoms with Crippen molar-refractivity contribution < 1.29 is 9.59 Å². The molecular formula is C20H28Cl2N2O2. The highest BCUT2D eigenvalue weighted by molar-refractivity contribution is 6.35. The van der Waals surface area contributed by atoms with Gasteiger partial charge in [0.1, 0.15) is 0 Å². The molecule has 0 aromatic heterocycles. The highest BCUT2D eigenvalue weighted by Gasteiger charge is 1.97. The maximum atomic E-state index is 9.84. The molecule has 0 heterocycles. The van der Waals surface area contributed by atoms with Crippen LogP contribution in [0, 0.1) is 0 Å². The lowest BCUT2D eigenvalue weighted by Gasteiger charge is -2.00. The largest absolute Gasteiger partial charge is 0.240 e. The van der Waals surface area contributed by atoms with Crippen LogP contribution in [0.15, 0.2) is 28.2 Å². The van der Waals surface area contributed by atoms with Crippen molar-refractivity contribution in [1.29, 1.82) is 0 Å². The molecule has 0 fully saturated rings. The Bertz CT molecular complexity index is 581. The third-order valence-corrected chi connectivity index (χ3v) is 4.32. The lowest BCUT2D eigenvalue weighted by molar-refractivity contribution is 0.552. The molecule has 1 aromatic rings. The van der Waals surface area contributed by atoms with E-state index < -0.39 is 0 Å². The first kappa shape index (κ1) is 24.6. The molecular weight excluding hydrogens is 371 g/mol. The SMILES string of the molecule is CCCCCCCCCCCCN=C=O.O=C=Nc1cc(Cl)ccc1Cl. The second kappa shape index (κ2) is 18.4. The molecule has 0 amide bonds. The summed E-state index contributed by atoms with van der Waals surface area (Å²) in [6.45, 7) is 2.92. The molecule has 0 saturated heterocycles. The zero-order valence-electron chi connectivity index (χ0n) is 15.5. The van der Waals surface area contributed by atoms with Crippen LogP contribution in [0.5, 0.6) is 0 Å². The molecule has 0 spiro atoms. The van der Waals surface area contributed by atoms with Crippen LogP contribution in [0.2, 0.25) is 10.0 Å². The Balaban J connectivity index is 0.000000502. The van der Waals surface area contributed by atoms with Crippen LogP contribution < -0.4 is 0 Å². The van der Waals surface area contributed by atoms with Crippen LogP contribution in [0.25, 0.3) is 0 Å². The summed E-state index contributed by atoms with van der Waals surface area (Å²) in [5, 5.41) is 0.876. The number of carbonyl (C=O) groups excluding carboxylic acids is 2. The van der Waals surface area contributed by atoms with Gasteiger partial charge in [-0.05, 0) is 24.6 Å². The van der Waals surface area contributed by atoms with Crippen LogP contribution in [-0.4, -0.2) is 18.7 Å². The number of aliphatic imine (C=N–C) groups is 2. The number of benzene rings is 1. The second-order valence-electron chi connectivity index (χ2n) is 5.95. The number of halogens is 2. The van der Waals surface area contributed by atoms with Crippen LogP contribution in [0.3, 0.4) is 0 Å². The molecule has 0 atom stereocenters. The van der Waals surface area contributed by atoms with Crippen LogP contribution >= 0.6 is 23.2 Å². The predicted octanol–water partition coefficient (Wildman–Crippen LogP) is 7.20. The molecule has 0 aliphatic rings. The molecule has 6 heteroatoms. The summed E-state index contributed by atoms with van der Waals surface area (Å²) in [6, 6.07) is 4.68. The van der Waals surface area contributed by atoms with Gasteiger partial charge in [-0.15, -0.1) is 0 Å². The summed E-state index contributed by atoms with van der Waals surface area (Å²) in [6.07, 6.45) is 16.2. The van der Waals surface area contributed by atoms with E-state index in [1.54, 1.807) is 18.2 Å². The Hall–Kier alpha value is -1.44. The van der Waals surface area contributed by atoms with E-state index in [-0.39, 0.29) is 0 Å². The Morgan fingerprint density at radius 2 is 1.42 bits per heavy atom. The summed E-state index contributed by atoms with van der Waals surface area (Å²) in [7, 11) is 0. The molecule has 1 rings (SSSR count).